The minimum Gasteiger partial charge on any atom is -0.466 e. The number of halogens is 3. The van der Waals surface area contributed by atoms with Crippen LogP contribution in [0.4, 0.5) is 18.9 Å². The molecule has 21 heavy (non-hydrogen) atoms. The van der Waals surface area contributed by atoms with Crippen LogP contribution >= 0.6 is 0 Å². The molecule has 0 fully saturated rings. The van der Waals surface area contributed by atoms with Crippen molar-refractivity contribution in [1.82, 2.24) is 0 Å². The van der Waals surface area contributed by atoms with Crippen LogP contribution in [0.5, 0.6) is 0 Å². The van der Waals surface area contributed by atoms with E-state index in [2.05, 4.69) is 0 Å². The average Bonchev–Trinajstić information content (AvgIpc) is 2.36. The number of carbonyl (C=O) groups excluding carboxylic acids is 1. The zero-order chi connectivity index (χ0) is 16.1. The second kappa shape index (κ2) is 6.79. The number of hydrogen-bond acceptors (Lipinski definition) is 4. The van der Waals surface area contributed by atoms with Crippen LogP contribution in [0.2, 0.25) is 0 Å². The number of benzene rings is 1. The highest BCUT2D eigenvalue weighted by atomic mass is 32.2. The first-order chi connectivity index (χ1) is 9.65. The van der Waals surface area contributed by atoms with Crippen molar-refractivity contribution in [1.29, 1.82) is 0 Å². The van der Waals surface area contributed by atoms with E-state index in [1.54, 1.807) is 6.92 Å². The highest BCUT2D eigenvalue weighted by Gasteiger charge is 2.45. The predicted molar refractivity (Wildman–Crippen MR) is 70.0 cm³/mol. The van der Waals surface area contributed by atoms with Crippen molar-refractivity contribution in [3.8, 4) is 0 Å². The highest BCUT2D eigenvalue weighted by molar-refractivity contribution is 7.93. The molecular formula is C12H14F3NO4S. The molecule has 1 rings (SSSR count). The summed E-state index contributed by atoms with van der Waals surface area (Å²) in [6, 6.07) is 5.27. The summed E-state index contributed by atoms with van der Waals surface area (Å²) in [5.74, 6) is -0.376. The Kier molecular flexibility index (Phi) is 5.59. The Morgan fingerprint density at radius 3 is 2.29 bits per heavy atom. The fourth-order valence-electron chi connectivity index (χ4n) is 1.43. The van der Waals surface area contributed by atoms with Crippen LogP contribution in [-0.4, -0.2) is 26.5 Å². The lowest BCUT2D eigenvalue weighted by Gasteiger charge is -2.10. The second-order valence-electron chi connectivity index (χ2n) is 4.05. The van der Waals surface area contributed by atoms with Gasteiger partial charge in [0.1, 0.15) is 0 Å². The average molecular weight is 325 g/mol. The third-order valence-corrected chi connectivity index (χ3v) is 3.55. The molecule has 0 unspecified atom stereocenters. The van der Waals surface area contributed by atoms with Crippen LogP contribution in [0, 0.1) is 0 Å². The zero-order valence-electron chi connectivity index (χ0n) is 11.1. The molecule has 0 aromatic heterocycles. The molecule has 0 aliphatic carbocycles. The minimum atomic E-state index is -5.42. The molecule has 118 valence electrons. The molecule has 9 heteroatoms. The smallest absolute Gasteiger partial charge is 0.466 e. The van der Waals surface area contributed by atoms with E-state index in [-0.39, 0.29) is 24.7 Å². The van der Waals surface area contributed by atoms with Gasteiger partial charge in [-0.05, 0) is 31.0 Å². The summed E-state index contributed by atoms with van der Waals surface area (Å²) in [4.78, 5) is 11.1. The van der Waals surface area contributed by atoms with Crippen molar-refractivity contribution in [2.75, 3.05) is 11.3 Å². The van der Waals surface area contributed by atoms with Crippen LogP contribution in [0.1, 0.15) is 18.9 Å². The number of nitrogens with one attached hydrogen (secondary N) is 1. The largest absolute Gasteiger partial charge is 0.516 e. The lowest BCUT2D eigenvalue weighted by atomic mass is 10.1. The summed E-state index contributed by atoms with van der Waals surface area (Å²) < 4.78 is 64.5. The molecule has 0 aliphatic heterocycles. The van der Waals surface area contributed by atoms with E-state index in [1.165, 1.54) is 29.0 Å². The first-order valence-corrected chi connectivity index (χ1v) is 7.47. The number of carbonyl (C=O) groups is 1. The van der Waals surface area contributed by atoms with Gasteiger partial charge in [0.05, 0.1) is 6.61 Å². The van der Waals surface area contributed by atoms with Crippen LogP contribution in [0.3, 0.4) is 0 Å². The molecule has 1 aromatic carbocycles. The summed E-state index contributed by atoms with van der Waals surface area (Å²) in [6.07, 6.45) is 0.493. The summed E-state index contributed by atoms with van der Waals surface area (Å²) in [5, 5.41) is 0. The Labute approximate surface area is 120 Å². The molecule has 0 amide bonds. The normalized spacial score (nSPS) is 12.0. The Morgan fingerprint density at radius 1 is 1.24 bits per heavy atom. The third kappa shape index (κ3) is 5.25. The van der Waals surface area contributed by atoms with E-state index in [0.717, 1.165) is 0 Å². The first kappa shape index (κ1) is 17.3. The summed E-state index contributed by atoms with van der Waals surface area (Å²) >= 11 is 0. The maximum Gasteiger partial charge on any atom is 0.516 e. The van der Waals surface area contributed by atoms with Crippen molar-refractivity contribution in [3.05, 3.63) is 29.8 Å². The number of alkyl halides is 3. The van der Waals surface area contributed by atoms with Crippen molar-refractivity contribution in [3.63, 3.8) is 0 Å². The van der Waals surface area contributed by atoms with Crippen LogP contribution in [0.15, 0.2) is 24.3 Å². The van der Waals surface area contributed by atoms with Gasteiger partial charge in [-0.3, -0.25) is 9.52 Å². The van der Waals surface area contributed by atoms with Gasteiger partial charge in [-0.15, -0.1) is 0 Å². The quantitative estimate of drug-likeness (QED) is 0.816. The molecule has 0 spiro atoms. The van der Waals surface area contributed by atoms with Crippen molar-refractivity contribution in [2.45, 2.75) is 25.3 Å². The maximum atomic E-state index is 12.2. The fraction of sp³-hybridized carbons (Fsp3) is 0.417. The molecule has 0 atom stereocenters. The zero-order valence-corrected chi connectivity index (χ0v) is 11.9. The van der Waals surface area contributed by atoms with Crippen LogP contribution in [0.25, 0.3) is 0 Å². The second-order valence-corrected chi connectivity index (χ2v) is 5.73. The van der Waals surface area contributed by atoms with E-state index in [0.29, 0.717) is 12.0 Å². The lowest BCUT2D eigenvalue weighted by Crippen LogP contribution is -2.29. The molecule has 0 saturated heterocycles. The van der Waals surface area contributed by atoms with Gasteiger partial charge in [0.15, 0.2) is 0 Å². The molecule has 0 saturated carbocycles. The molecule has 0 radical (unpaired) electrons. The van der Waals surface area contributed by atoms with Crippen molar-refractivity contribution in [2.24, 2.45) is 0 Å². The standard InChI is InChI=1S/C12H14F3NO4S/c1-2-20-11(17)8-5-9-3-6-10(7-4-9)16-21(18,19)12(13,14)15/h3-4,6-7,16H,2,5,8H2,1H3. The van der Waals surface area contributed by atoms with Gasteiger partial charge in [0.25, 0.3) is 0 Å². The van der Waals surface area contributed by atoms with Gasteiger partial charge in [0, 0.05) is 12.1 Å². The molecule has 1 aromatic rings. The Bertz CT molecular complexity index is 582. The van der Waals surface area contributed by atoms with E-state index in [4.69, 9.17) is 4.74 Å². The topological polar surface area (TPSA) is 72.5 Å². The number of hydrogen-bond donors (Lipinski definition) is 1. The molecule has 0 bridgehead atoms. The molecule has 1 N–H and O–H groups in total. The van der Waals surface area contributed by atoms with E-state index in [1.807, 2.05) is 0 Å². The number of aryl methyl sites for hydroxylation is 1. The lowest BCUT2D eigenvalue weighted by molar-refractivity contribution is -0.143. The Hall–Kier alpha value is -1.77. The van der Waals surface area contributed by atoms with Gasteiger partial charge in [-0.1, -0.05) is 12.1 Å². The minimum absolute atomic E-state index is 0.140. The first-order valence-electron chi connectivity index (χ1n) is 5.99. The monoisotopic (exact) mass is 325 g/mol. The number of rotatable bonds is 6. The van der Waals surface area contributed by atoms with Crippen molar-refractivity contribution >= 4 is 21.7 Å². The van der Waals surface area contributed by atoms with Gasteiger partial charge in [-0.25, -0.2) is 0 Å². The van der Waals surface area contributed by atoms with Crippen LogP contribution < -0.4 is 4.72 Å². The molecule has 5 nitrogen and oxygen atoms in total. The van der Waals surface area contributed by atoms with E-state index >= 15 is 0 Å². The van der Waals surface area contributed by atoms with Gasteiger partial charge in [0.2, 0.25) is 0 Å². The molecular weight excluding hydrogens is 311 g/mol. The fourth-order valence-corrected chi connectivity index (χ4v) is 1.99. The van der Waals surface area contributed by atoms with Gasteiger partial charge >= 0.3 is 21.5 Å². The van der Waals surface area contributed by atoms with Crippen LogP contribution in [-0.2, 0) is 26.0 Å². The number of esters is 1. The summed E-state index contributed by atoms with van der Waals surface area (Å²) in [7, 11) is -5.42. The third-order valence-electron chi connectivity index (χ3n) is 2.43. The SMILES string of the molecule is CCOC(=O)CCc1ccc(NS(=O)(=O)C(F)(F)F)cc1. The number of anilines is 1. The van der Waals surface area contributed by atoms with Gasteiger partial charge < -0.3 is 4.74 Å². The van der Waals surface area contributed by atoms with E-state index in [9.17, 15) is 26.4 Å². The maximum absolute atomic E-state index is 12.2. The van der Waals surface area contributed by atoms with Crippen molar-refractivity contribution < 1.29 is 31.1 Å². The summed E-state index contributed by atoms with van der Waals surface area (Å²) in [6.45, 7) is 1.95. The molecule has 0 aliphatic rings. The highest BCUT2D eigenvalue weighted by Crippen LogP contribution is 2.25. The molecule has 0 heterocycles. The van der Waals surface area contributed by atoms with Gasteiger partial charge in [-0.2, -0.15) is 21.6 Å². The Balaban J connectivity index is 2.65. The number of ether oxygens (including phenoxy) is 1. The Morgan fingerprint density at radius 2 is 1.81 bits per heavy atom. The van der Waals surface area contributed by atoms with E-state index < -0.39 is 15.5 Å². The number of sulfonamides is 1. The summed E-state index contributed by atoms with van der Waals surface area (Å²) in [5.41, 5.74) is -4.89. The predicted octanol–water partition coefficient (Wildman–Crippen LogP) is 2.44.